The normalized spacial score (nSPS) is 12.5. The van der Waals surface area contributed by atoms with Gasteiger partial charge in [0.2, 0.25) is 0 Å². The third-order valence-corrected chi connectivity index (χ3v) is 4.52. The first kappa shape index (κ1) is 20.3. The molecule has 138 valence electrons. The summed E-state index contributed by atoms with van der Waals surface area (Å²) in [5.41, 5.74) is -1.28. The van der Waals surface area contributed by atoms with Crippen molar-refractivity contribution in [1.29, 1.82) is 0 Å². The molecule has 0 aliphatic carbocycles. The minimum Gasteiger partial charge on any atom is -0.480 e. The smallest absolute Gasteiger partial charge is 0.417 e. The maximum Gasteiger partial charge on any atom is 0.417 e. The van der Waals surface area contributed by atoms with Crippen LogP contribution in [0.5, 0.6) is 0 Å². The molecule has 1 atom stereocenters. The Morgan fingerprint density at radius 1 is 1.19 bits per heavy atom. The third kappa shape index (κ3) is 4.98. The van der Waals surface area contributed by atoms with Crippen molar-refractivity contribution in [3.05, 3.63) is 68.7 Å². The minimum atomic E-state index is -4.73. The van der Waals surface area contributed by atoms with E-state index >= 15 is 0 Å². The molecule has 2 aromatic rings. The van der Waals surface area contributed by atoms with Crippen molar-refractivity contribution in [2.24, 2.45) is 0 Å². The predicted octanol–water partition coefficient (Wildman–Crippen LogP) is 4.55. The molecular weight excluding hydrogens is 439 g/mol. The maximum atomic E-state index is 13.0. The standard InChI is InChI=1S/C17H12BrClF3NO3/c18-13-6-5-10(19)7-9(13)8-14(16(25)26)23-15(24)11-3-1-2-4-12(11)17(20,21)22/h1-7,14H,8H2,(H,23,24)(H,25,26)/t14-/m0/s1. The SMILES string of the molecule is O=C(N[C@@H](Cc1cc(Cl)ccc1Br)C(=O)O)c1ccccc1C(F)(F)F. The Bertz CT molecular complexity index is 842. The molecule has 0 unspecified atom stereocenters. The van der Waals surface area contributed by atoms with Crippen LogP contribution in [0.15, 0.2) is 46.9 Å². The molecule has 26 heavy (non-hydrogen) atoms. The van der Waals surface area contributed by atoms with E-state index in [1.807, 2.05) is 0 Å². The molecule has 0 fully saturated rings. The Balaban J connectivity index is 2.27. The van der Waals surface area contributed by atoms with Crippen molar-refractivity contribution in [1.82, 2.24) is 5.32 Å². The minimum absolute atomic E-state index is 0.156. The van der Waals surface area contributed by atoms with Gasteiger partial charge in [-0.15, -0.1) is 0 Å². The van der Waals surface area contributed by atoms with Gasteiger partial charge in [0, 0.05) is 15.9 Å². The molecule has 0 saturated carbocycles. The lowest BCUT2D eigenvalue weighted by Gasteiger charge is -2.18. The summed E-state index contributed by atoms with van der Waals surface area (Å²) < 4.78 is 39.7. The second-order valence-corrected chi connectivity index (χ2v) is 6.64. The highest BCUT2D eigenvalue weighted by molar-refractivity contribution is 9.10. The number of amides is 1. The molecule has 0 saturated heterocycles. The number of aliphatic carboxylic acids is 1. The molecule has 0 aliphatic heterocycles. The van der Waals surface area contributed by atoms with E-state index in [1.54, 1.807) is 12.1 Å². The van der Waals surface area contributed by atoms with Gasteiger partial charge in [-0.25, -0.2) is 4.79 Å². The van der Waals surface area contributed by atoms with Gasteiger partial charge in [0.05, 0.1) is 11.1 Å². The van der Waals surface area contributed by atoms with Crippen molar-refractivity contribution >= 4 is 39.4 Å². The van der Waals surface area contributed by atoms with Crippen LogP contribution in [0.3, 0.4) is 0 Å². The molecule has 0 aliphatic rings. The van der Waals surface area contributed by atoms with E-state index in [0.29, 0.717) is 15.1 Å². The Morgan fingerprint density at radius 3 is 2.46 bits per heavy atom. The molecule has 2 aromatic carbocycles. The van der Waals surface area contributed by atoms with Crippen molar-refractivity contribution < 1.29 is 27.9 Å². The molecule has 2 rings (SSSR count). The summed E-state index contributed by atoms with van der Waals surface area (Å²) in [6, 6.07) is 7.45. The summed E-state index contributed by atoms with van der Waals surface area (Å²) in [6.45, 7) is 0. The highest BCUT2D eigenvalue weighted by Crippen LogP contribution is 2.32. The van der Waals surface area contributed by atoms with Gasteiger partial charge in [-0.3, -0.25) is 4.79 Å². The fourth-order valence-corrected chi connectivity index (χ4v) is 2.89. The lowest BCUT2D eigenvalue weighted by molar-refractivity contribution is -0.139. The number of hydrogen-bond acceptors (Lipinski definition) is 2. The molecule has 0 spiro atoms. The zero-order valence-electron chi connectivity index (χ0n) is 13.0. The van der Waals surface area contributed by atoms with Crippen molar-refractivity contribution in [3.8, 4) is 0 Å². The van der Waals surface area contributed by atoms with Gasteiger partial charge in [-0.1, -0.05) is 39.7 Å². The van der Waals surface area contributed by atoms with E-state index in [0.717, 1.165) is 18.2 Å². The molecule has 1 amide bonds. The van der Waals surface area contributed by atoms with Gasteiger partial charge in [0.1, 0.15) is 6.04 Å². The average molecular weight is 451 g/mol. The highest BCUT2D eigenvalue weighted by Gasteiger charge is 2.35. The van der Waals surface area contributed by atoms with Crippen LogP contribution in [-0.2, 0) is 17.4 Å². The van der Waals surface area contributed by atoms with Gasteiger partial charge >= 0.3 is 12.1 Å². The Morgan fingerprint density at radius 2 is 1.85 bits per heavy atom. The summed E-state index contributed by atoms with van der Waals surface area (Å²) in [5, 5.41) is 11.8. The van der Waals surface area contributed by atoms with Gasteiger partial charge < -0.3 is 10.4 Å². The highest BCUT2D eigenvalue weighted by atomic mass is 79.9. The van der Waals surface area contributed by atoms with Crippen LogP contribution in [0.4, 0.5) is 13.2 Å². The number of rotatable bonds is 5. The molecule has 0 radical (unpaired) electrons. The van der Waals surface area contributed by atoms with Gasteiger partial charge in [0.25, 0.3) is 5.91 Å². The number of hydrogen-bond donors (Lipinski definition) is 2. The van der Waals surface area contributed by atoms with E-state index < -0.39 is 35.2 Å². The fourth-order valence-electron chi connectivity index (χ4n) is 2.28. The van der Waals surface area contributed by atoms with Crippen LogP contribution in [0.25, 0.3) is 0 Å². The number of halogens is 5. The molecule has 0 heterocycles. The lowest BCUT2D eigenvalue weighted by atomic mass is 10.0. The fraction of sp³-hybridized carbons (Fsp3) is 0.176. The first-order valence-corrected chi connectivity index (χ1v) is 8.40. The van der Waals surface area contributed by atoms with E-state index in [4.69, 9.17) is 11.6 Å². The summed E-state index contributed by atoms with van der Waals surface area (Å²) in [4.78, 5) is 23.7. The largest absolute Gasteiger partial charge is 0.480 e. The van der Waals surface area contributed by atoms with Crippen LogP contribution in [-0.4, -0.2) is 23.0 Å². The number of carboxylic acid groups (broad SMARTS) is 1. The summed E-state index contributed by atoms with van der Waals surface area (Å²) in [6.07, 6.45) is -4.89. The quantitative estimate of drug-likeness (QED) is 0.702. The molecular formula is C17H12BrClF3NO3. The summed E-state index contributed by atoms with van der Waals surface area (Å²) in [7, 11) is 0. The first-order chi connectivity index (χ1) is 12.1. The zero-order valence-corrected chi connectivity index (χ0v) is 15.3. The number of alkyl halides is 3. The number of carboxylic acids is 1. The summed E-state index contributed by atoms with van der Waals surface area (Å²) in [5.74, 6) is -2.50. The van der Waals surface area contributed by atoms with Crippen molar-refractivity contribution in [3.63, 3.8) is 0 Å². The number of nitrogens with one attached hydrogen (secondary N) is 1. The Kier molecular flexibility index (Phi) is 6.30. The molecule has 4 nitrogen and oxygen atoms in total. The van der Waals surface area contributed by atoms with Crippen LogP contribution in [0.1, 0.15) is 21.5 Å². The van der Waals surface area contributed by atoms with Gasteiger partial charge in [-0.05, 0) is 35.9 Å². The second kappa shape index (κ2) is 8.09. The number of carbonyl (C=O) groups excluding carboxylic acids is 1. The topological polar surface area (TPSA) is 66.4 Å². The maximum absolute atomic E-state index is 13.0. The number of benzene rings is 2. The van der Waals surface area contributed by atoms with Crippen LogP contribution >= 0.6 is 27.5 Å². The Labute approximate surface area is 160 Å². The van der Waals surface area contributed by atoms with E-state index in [2.05, 4.69) is 21.2 Å². The van der Waals surface area contributed by atoms with E-state index in [-0.39, 0.29) is 6.42 Å². The van der Waals surface area contributed by atoms with E-state index in [1.165, 1.54) is 12.1 Å². The third-order valence-electron chi connectivity index (χ3n) is 3.51. The zero-order chi connectivity index (χ0) is 19.5. The Hall–Kier alpha value is -2.06. The van der Waals surface area contributed by atoms with Gasteiger partial charge in [0.15, 0.2) is 0 Å². The number of carbonyl (C=O) groups is 2. The molecule has 0 bridgehead atoms. The van der Waals surface area contributed by atoms with Crippen molar-refractivity contribution in [2.45, 2.75) is 18.6 Å². The molecule has 0 aromatic heterocycles. The first-order valence-electron chi connectivity index (χ1n) is 7.23. The molecule has 2 N–H and O–H groups in total. The molecule has 9 heteroatoms. The van der Waals surface area contributed by atoms with Crippen LogP contribution < -0.4 is 5.32 Å². The average Bonchev–Trinajstić information content (AvgIpc) is 2.56. The van der Waals surface area contributed by atoms with Gasteiger partial charge in [-0.2, -0.15) is 13.2 Å². The predicted molar refractivity (Wildman–Crippen MR) is 93.2 cm³/mol. The van der Waals surface area contributed by atoms with E-state index in [9.17, 15) is 27.9 Å². The van der Waals surface area contributed by atoms with Crippen molar-refractivity contribution in [2.75, 3.05) is 0 Å². The summed E-state index contributed by atoms with van der Waals surface area (Å²) >= 11 is 9.12. The monoisotopic (exact) mass is 449 g/mol. The second-order valence-electron chi connectivity index (χ2n) is 5.35. The van der Waals surface area contributed by atoms with Crippen LogP contribution in [0, 0.1) is 0 Å². The lowest BCUT2D eigenvalue weighted by Crippen LogP contribution is -2.43. The van der Waals surface area contributed by atoms with Crippen LogP contribution in [0.2, 0.25) is 5.02 Å².